The Balaban J connectivity index is 1.30. The van der Waals surface area contributed by atoms with Crippen molar-refractivity contribution in [3.63, 3.8) is 0 Å². The summed E-state index contributed by atoms with van der Waals surface area (Å²) in [5, 5.41) is 3.30. The Bertz CT molecular complexity index is 1880. The van der Waals surface area contributed by atoms with Gasteiger partial charge in [-0.25, -0.2) is 0 Å². The maximum absolute atomic E-state index is 15.0. The standard InChI is InChI=1S/C41H41N3O4/c1-26-19-27(2)37(28(3)20-26)42-40(48)41(18-17-32-21-30-13-7-8-14-31(30)22-33(32)23-41)44(24-29-11-5-4-6-12-29)36(45)25-43-38(46)34-15-9-10-16-35(34)39(43)47/h4-16,19-20,32-33H,17-18,21-25H2,1-3H3,(H,42,48)/t32-,33+,41?/m1/s1. The van der Waals surface area contributed by atoms with E-state index in [1.807, 2.05) is 51.1 Å². The number of amides is 4. The van der Waals surface area contributed by atoms with E-state index in [1.165, 1.54) is 11.1 Å². The lowest BCUT2D eigenvalue weighted by Crippen LogP contribution is -2.63. The van der Waals surface area contributed by atoms with E-state index < -0.39 is 29.8 Å². The number of carbonyl (C=O) groups is 4. The number of nitrogens with zero attached hydrogens (tertiary/aromatic N) is 2. The quantitative estimate of drug-likeness (QED) is 0.225. The molecule has 1 fully saturated rings. The van der Waals surface area contributed by atoms with E-state index in [0.717, 1.165) is 52.1 Å². The molecule has 3 aliphatic rings. The summed E-state index contributed by atoms with van der Waals surface area (Å²) in [7, 11) is 0. The maximum Gasteiger partial charge on any atom is 0.262 e. The zero-order valence-corrected chi connectivity index (χ0v) is 27.8. The molecule has 0 saturated heterocycles. The third-order valence-electron chi connectivity index (χ3n) is 10.8. The van der Waals surface area contributed by atoms with Crippen LogP contribution >= 0.6 is 0 Å². The van der Waals surface area contributed by atoms with Crippen LogP contribution in [0.4, 0.5) is 5.69 Å². The summed E-state index contributed by atoms with van der Waals surface area (Å²) >= 11 is 0. The first-order valence-electron chi connectivity index (χ1n) is 16.9. The van der Waals surface area contributed by atoms with E-state index in [4.69, 9.17) is 0 Å². The zero-order valence-electron chi connectivity index (χ0n) is 27.8. The first-order chi connectivity index (χ1) is 23.1. The normalized spacial score (nSPS) is 21.3. The molecule has 2 aliphatic carbocycles. The van der Waals surface area contributed by atoms with Crippen molar-refractivity contribution in [1.82, 2.24) is 9.80 Å². The fourth-order valence-electron chi connectivity index (χ4n) is 8.42. The minimum atomic E-state index is -1.21. The van der Waals surface area contributed by atoms with E-state index in [-0.39, 0.29) is 18.4 Å². The van der Waals surface area contributed by atoms with Crippen molar-refractivity contribution in [3.8, 4) is 0 Å². The molecular formula is C41H41N3O4. The van der Waals surface area contributed by atoms with Crippen LogP contribution in [-0.4, -0.2) is 45.5 Å². The van der Waals surface area contributed by atoms with Crippen LogP contribution in [0.3, 0.4) is 0 Å². The molecule has 1 unspecified atom stereocenters. The van der Waals surface area contributed by atoms with Gasteiger partial charge in [0.2, 0.25) is 11.8 Å². The molecule has 4 amide bonds. The number of hydrogen-bond donors (Lipinski definition) is 1. The third-order valence-corrected chi connectivity index (χ3v) is 10.8. The number of hydrogen-bond acceptors (Lipinski definition) is 4. The fourth-order valence-corrected chi connectivity index (χ4v) is 8.42. The number of carbonyl (C=O) groups excluding carboxylic acids is 4. The van der Waals surface area contributed by atoms with Crippen molar-refractivity contribution in [2.45, 2.75) is 65.0 Å². The average Bonchev–Trinajstić information content (AvgIpc) is 3.32. The summed E-state index contributed by atoms with van der Waals surface area (Å²) in [5.74, 6) is -1.03. The van der Waals surface area contributed by atoms with E-state index in [0.29, 0.717) is 29.9 Å². The van der Waals surface area contributed by atoms with Crippen LogP contribution in [0, 0.1) is 32.6 Å². The van der Waals surface area contributed by atoms with Crippen LogP contribution in [0.15, 0.2) is 91.0 Å². The minimum Gasteiger partial charge on any atom is -0.324 e. The van der Waals surface area contributed by atoms with Gasteiger partial charge in [-0.05, 0) is 105 Å². The second-order valence-corrected chi connectivity index (χ2v) is 13.9. The fraction of sp³-hybridized carbons (Fsp3) is 0.317. The predicted octanol–water partition coefficient (Wildman–Crippen LogP) is 6.83. The number of benzene rings is 4. The summed E-state index contributed by atoms with van der Waals surface area (Å²) in [6.45, 7) is 5.76. The summed E-state index contributed by atoms with van der Waals surface area (Å²) in [6.07, 6.45) is 3.54. The van der Waals surface area contributed by atoms with Gasteiger partial charge in [0.25, 0.3) is 11.8 Å². The number of anilines is 1. The Morgan fingerprint density at radius 2 is 1.35 bits per heavy atom. The highest BCUT2D eigenvalue weighted by Crippen LogP contribution is 2.47. The highest BCUT2D eigenvalue weighted by atomic mass is 16.2. The molecule has 1 aliphatic heterocycles. The van der Waals surface area contributed by atoms with Gasteiger partial charge in [-0.3, -0.25) is 24.1 Å². The molecule has 1 heterocycles. The topological polar surface area (TPSA) is 86.8 Å². The van der Waals surface area contributed by atoms with Crippen LogP contribution in [0.5, 0.6) is 0 Å². The molecular weight excluding hydrogens is 598 g/mol. The molecule has 7 rings (SSSR count). The van der Waals surface area contributed by atoms with Gasteiger partial charge in [-0.2, -0.15) is 0 Å². The van der Waals surface area contributed by atoms with Crippen LogP contribution in [0.2, 0.25) is 0 Å². The lowest BCUT2D eigenvalue weighted by molar-refractivity contribution is -0.151. The molecule has 1 N–H and O–H groups in total. The molecule has 7 heteroatoms. The van der Waals surface area contributed by atoms with Crippen LogP contribution in [0.25, 0.3) is 0 Å². The summed E-state index contributed by atoms with van der Waals surface area (Å²) in [6, 6.07) is 29.0. The second-order valence-electron chi connectivity index (χ2n) is 13.9. The smallest absolute Gasteiger partial charge is 0.262 e. The van der Waals surface area contributed by atoms with Gasteiger partial charge in [0, 0.05) is 12.2 Å². The molecule has 0 radical (unpaired) electrons. The lowest BCUT2D eigenvalue weighted by atomic mass is 9.62. The molecule has 1 saturated carbocycles. The largest absolute Gasteiger partial charge is 0.324 e. The second kappa shape index (κ2) is 12.5. The number of rotatable bonds is 7. The van der Waals surface area contributed by atoms with Gasteiger partial charge >= 0.3 is 0 Å². The van der Waals surface area contributed by atoms with E-state index in [2.05, 4.69) is 41.7 Å². The van der Waals surface area contributed by atoms with E-state index in [1.54, 1.807) is 29.2 Å². The number of aryl methyl sites for hydroxylation is 3. The summed E-state index contributed by atoms with van der Waals surface area (Å²) in [4.78, 5) is 59.3. The molecule has 0 spiro atoms. The average molecular weight is 640 g/mol. The maximum atomic E-state index is 15.0. The molecule has 0 bridgehead atoms. The highest BCUT2D eigenvalue weighted by Gasteiger charge is 2.53. The molecule has 48 heavy (non-hydrogen) atoms. The highest BCUT2D eigenvalue weighted by molar-refractivity contribution is 6.22. The van der Waals surface area contributed by atoms with Gasteiger partial charge in [-0.15, -0.1) is 0 Å². The van der Waals surface area contributed by atoms with Gasteiger partial charge in [0.05, 0.1) is 11.1 Å². The SMILES string of the molecule is Cc1cc(C)c(NC(=O)C2(N(Cc3ccccc3)C(=O)CN3C(=O)c4ccccc4C3=O)CC[C@@H]3Cc4ccccc4C[C@H]3C2)c(C)c1. The first-order valence-corrected chi connectivity index (χ1v) is 16.9. The molecule has 4 aromatic carbocycles. The Morgan fingerprint density at radius 3 is 1.98 bits per heavy atom. The van der Waals surface area contributed by atoms with Crippen molar-refractivity contribution in [1.29, 1.82) is 0 Å². The monoisotopic (exact) mass is 639 g/mol. The first kappa shape index (κ1) is 31.6. The minimum absolute atomic E-state index is 0.177. The van der Waals surface area contributed by atoms with E-state index in [9.17, 15) is 14.4 Å². The van der Waals surface area contributed by atoms with Crippen molar-refractivity contribution in [2.24, 2.45) is 11.8 Å². The number of imide groups is 1. The lowest BCUT2D eigenvalue weighted by Gasteiger charge is -2.51. The Kier molecular flexibility index (Phi) is 8.24. The van der Waals surface area contributed by atoms with Crippen molar-refractivity contribution in [3.05, 3.63) is 136 Å². The van der Waals surface area contributed by atoms with Crippen molar-refractivity contribution >= 4 is 29.3 Å². The molecule has 4 aromatic rings. The van der Waals surface area contributed by atoms with Crippen molar-refractivity contribution in [2.75, 3.05) is 11.9 Å². The van der Waals surface area contributed by atoms with Crippen LogP contribution in [0.1, 0.15) is 73.4 Å². The van der Waals surface area contributed by atoms with Gasteiger partial charge in [-0.1, -0.05) is 84.4 Å². The van der Waals surface area contributed by atoms with Crippen LogP contribution in [-0.2, 0) is 29.0 Å². The van der Waals surface area contributed by atoms with Crippen LogP contribution < -0.4 is 5.32 Å². The van der Waals surface area contributed by atoms with Crippen molar-refractivity contribution < 1.29 is 19.2 Å². The number of fused-ring (bicyclic) bond motifs is 3. The Morgan fingerprint density at radius 1 is 0.792 bits per heavy atom. The van der Waals surface area contributed by atoms with E-state index >= 15 is 4.79 Å². The van der Waals surface area contributed by atoms with Gasteiger partial charge < -0.3 is 10.2 Å². The Hall–Kier alpha value is -5.04. The Labute approximate surface area is 282 Å². The third kappa shape index (κ3) is 5.61. The molecule has 7 nitrogen and oxygen atoms in total. The zero-order chi connectivity index (χ0) is 33.6. The predicted molar refractivity (Wildman–Crippen MR) is 185 cm³/mol. The molecule has 244 valence electrons. The molecule has 0 aromatic heterocycles. The molecule has 3 atom stereocenters. The van der Waals surface area contributed by atoms with Gasteiger partial charge in [0.15, 0.2) is 0 Å². The summed E-state index contributed by atoms with van der Waals surface area (Å²) in [5.41, 5.74) is 6.72. The summed E-state index contributed by atoms with van der Waals surface area (Å²) < 4.78 is 0. The number of nitrogens with one attached hydrogen (secondary N) is 1. The van der Waals surface area contributed by atoms with Gasteiger partial charge in [0.1, 0.15) is 12.1 Å².